The maximum absolute atomic E-state index is 12.6. The van der Waals surface area contributed by atoms with Gasteiger partial charge in [0.2, 0.25) is 5.95 Å². The van der Waals surface area contributed by atoms with Gasteiger partial charge in [0.1, 0.15) is 0 Å². The zero-order valence-electron chi connectivity index (χ0n) is 9.18. The first-order valence-corrected chi connectivity index (χ1v) is 6.00. The van der Waals surface area contributed by atoms with E-state index >= 15 is 0 Å². The van der Waals surface area contributed by atoms with Gasteiger partial charge in [-0.2, -0.15) is 4.39 Å². The Morgan fingerprint density at radius 1 is 1.47 bits per heavy atom. The zero-order valence-corrected chi connectivity index (χ0v) is 10.00. The van der Waals surface area contributed by atoms with Crippen molar-refractivity contribution in [3.63, 3.8) is 0 Å². The van der Waals surface area contributed by atoms with Crippen LogP contribution in [0.2, 0.25) is 0 Å². The van der Waals surface area contributed by atoms with Crippen LogP contribution in [0.25, 0.3) is 0 Å². The molecule has 2 heterocycles. The molecule has 1 amide bonds. The minimum absolute atomic E-state index is 0.0625. The number of carbonyl (C=O) groups excluding carboxylic acids is 1. The van der Waals surface area contributed by atoms with Gasteiger partial charge in [-0.15, -0.1) is 11.3 Å². The molecule has 2 aromatic rings. The number of aromatic nitrogens is 1. The highest BCUT2D eigenvalue weighted by atomic mass is 32.1. The molecule has 2 rings (SSSR count). The normalized spacial score (nSPS) is 12.1. The molecule has 88 valence electrons. The van der Waals surface area contributed by atoms with Crippen molar-refractivity contribution in [1.82, 2.24) is 10.3 Å². The molecule has 0 aliphatic heterocycles. The fourth-order valence-electron chi connectivity index (χ4n) is 1.40. The smallest absolute Gasteiger partial charge is 0.253 e. The third-order valence-corrected chi connectivity index (χ3v) is 3.36. The summed E-state index contributed by atoms with van der Waals surface area (Å²) in [4.78, 5) is 16.3. The Labute approximate surface area is 102 Å². The Morgan fingerprint density at radius 3 is 2.88 bits per heavy atom. The number of hydrogen-bond acceptors (Lipinski definition) is 3. The molecule has 0 aromatic carbocycles. The first-order valence-electron chi connectivity index (χ1n) is 5.12. The van der Waals surface area contributed by atoms with Crippen molar-refractivity contribution in [2.24, 2.45) is 0 Å². The van der Waals surface area contributed by atoms with E-state index in [0.717, 1.165) is 4.88 Å². The Kier molecular flexibility index (Phi) is 3.49. The number of amides is 1. The second kappa shape index (κ2) is 5.05. The second-order valence-electron chi connectivity index (χ2n) is 3.58. The predicted octanol–water partition coefficient (Wildman–Crippen LogP) is 2.77. The van der Waals surface area contributed by atoms with Crippen molar-refractivity contribution in [2.45, 2.75) is 13.0 Å². The number of halogens is 1. The summed E-state index contributed by atoms with van der Waals surface area (Å²) in [5.74, 6) is -0.841. The predicted molar refractivity (Wildman–Crippen MR) is 64.4 cm³/mol. The number of nitrogens with one attached hydrogen (secondary N) is 1. The molecule has 1 unspecified atom stereocenters. The molecule has 3 nitrogen and oxygen atoms in total. The SMILES string of the molecule is CC(NC(=O)c1ccc(F)nc1)c1cccs1. The standard InChI is InChI=1S/C12H11FN2OS/c1-8(10-3-2-6-17-10)15-12(16)9-4-5-11(13)14-7-9/h2-8H,1H3,(H,15,16). The van der Waals surface area contributed by atoms with Gasteiger partial charge in [-0.1, -0.05) is 6.07 Å². The Morgan fingerprint density at radius 2 is 2.29 bits per heavy atom. The molecule has 0 radical (unpaired) electrons. The van der Waals surface area contributed by atoms with Crippen LogP contribution in [0.1, 0.15) is 28.2 Å². The van der Waals surface area contributed by atoms with Crippen LogP contribution in [0.15, 0.2) is 35.8 Å². The molecule has 0 fully saturated rings. The summed E-state index contributed by atoms with van der Waals surface area (Å²) in [6.45, 7) is 1.90. The second-order valence-corrected chi connectivity index (χ2v) is 4.56. The van der Waals surface area contributed by atoms with Gasteiger partial charge < -0.3 is 5.32 Å². The third-order valence-electron chi connectivity index (χ3n) is 2.31. The number of thiophene rings is 1. The summed E-state index contributed by atoms with van der Waals surface area (Å²) >= 11 is 1.58. The lowest BCUT2D eigenvalue weighted by Gasteiger charge is -2.11. The molecular formula is C12H11FN2OS. The van der Waals surface area contributed by atoms with Gasteiger partial charge in [-0.25, -0.2) is 4.98 Å². The highest BCUT2D eigenvalue weighted by Gasteiger charge is 2.12. The lowest BCUT2D eigenvalue weighted by molar-refractivity contribution is 0.0940. The highest BCUT2D eigenvalue weighted by molar-refractivity contribution is 7.10. The van der Waals surface area contributed by atoms with Crippen LogP contribution >= 0.6 is 11.3 Å². The van der Waals surface area contributed by atoms with Gasteiger partial charge in [0.05, 0.1) is 11.6 Å². The first-order chi connectivity index (χ1) is 8.16. The van der Waals surface area contributed by atoms with Crippen molar-refractivity contribution in [2.75, 3.05) is 0 Å². The van der Waals surface area contributed by atoms with Crippen LogP contribution in [-0.4, -0.2) is 10.9 Å². The van der Waals surface area contributed by atoms with Crippen LogP contribution in [0, 0.1) is 5.95 Å². The van der Waals surface area contributed by atoms with Crippen LogP contribution in [-0.2, 0) is 0 Å². The molecular weight excluding hydrogens is 239 g/mol. The molecule has 0 bridgehead atoms. The van der Waals surface area contributed by atoms with Gasteiger partial charge in [-0.05, 0) is 30.5 Å². The summed E-state index contributed by atoms with van der Waals surface area (Å²) in [6.07, 6.45) is 1.23. The van der Waals surface area contributed by atoms with Crippen molar-refractivity contribution in [3.8, 4) is 0 Å². The molecule has 2 aromatic heterocycles. The third kappa shape index (κ3) is 2.88. The maximum Gasteiger partial charge on any atom is 0.253 e. The molecule has 0 saturated carbocycles. The highest BCUT2D eigenvalue weighted by Crippen LogP contribution is 2.18. The molecule has 0 saturated heterocycles. The van der Waals surface area contributed by atoms with Gasteiger partial charge >= 0.3 is 0 Å². The quantitative estimate of drug-likeness (QED) is 0.851. The van der Waals surface area contributed by atoms with E-state index in [4.69, 9.17) is 0 Å². The number of nitrogens with zero attached hydrogens (tertiary/aromatic N) is 1. The molecule has 5 heteroatoms. The van der Waals surface area contributed by atoms with Crippen LogP contribution in [0.3, 0.4) is 0 Å². The topological polar surface area (TPSA) is 42.0 Å². The van der Waals surface area contributed by atoms with Crippen molar-refractivity contribution in [1.29, 1.82) is 0 Å². The average molecular weight is 250 g/mol. The lowest BCUT2D eigenvalue weighted by Crippen LogP contribution is -2.26. The van der Waals surface area contributed by atoms with Crippen LogP contribution in [0.5, 0.6) is 0 Å². The largest absolute Gasteiger partial charge is 0.345 e. The number of rotatable bonds is 3. The van der Waals surface area contributed by atoms with Gasteiger partial charge in [0.15, 0.2) is 0 Å². The minimum atomic E-state index is -0.590. The van der Waals surface area contributed by atoms with E-state index in [2.05, 4.69) is 10.3 Å². The minimum Gasteiger partial charge on any atom is -0.345 e. The summed E-state index contributed by atoms with van der Waals surface area (Å²) in [6, 6.07) is 6.41. The molecule has 17 heavy (non-hydrogen) atoms. The van der Waals surface area contributed by atoms with E-state index in [9.17, 15) is 9.18 Å². The van der Waals surface area contributed by atoms with E-state index in [0.29, 0.717) is 5.56 Å². The fraction of sp³-hybridized carbons (Fsp3) is 0.167. The summed E-state index contributed by atoms with van der Waals surface area (Å²) < 4.78 is 12.6. The zero-order chi connectivity index (χ0) is 12.3. The van der Waals surface area contributed by atoms with Crippen molar-refractivity contribution in [3.05, 3.63) is 52.2 Å². The van der Waals surface area contributed by atoms with Crippen molar-refractivity contribution < 1.29 is 9.18 Å². The number of carbonyl (C=O) groups is 1. The van der Waals surface area contributed by atoms with E-state index in [1.165, 1.54) is 18.3 Å². The summed E-state index contributed by atoms with van der Waals surface area (Å²) in [5, 5.41) is 4.78. The van der Waals surface area contributed by atoms with E-state index < -0.39 is 5.95 Å². The van der Waals surface area contributed by atoms with Gasteiger partial charge in [0.25, 0.3) is 5.91 Å². The molecule has 0 aliphatic rings. The maximum atomic E-state index is 12.6. The van der Waals surface area contributed by atoms with E-state index in [1.54, 1.807) is 11.3 Å². The van der Waals surface area contributed by atoms with Crippen LogP contribution in [0.4, 0.5) is 4.39 Å². The fourth-order valence-corrected chi connectivity index (χ4v) is 2.13. The molecule has 0 spiro atoms. The van der Waals surface area contributed by atoms with Gasteiger partial charge in [-0.3, -0.25) is 4.79 Å². The van der Waals surface area contributed by atoms with E-state index in [-0.39, 0.29) is 11.9 Å². The number of hydrogen-bond donors (Lipinski definition) is 1. The lowest BCUT2D eigenvalue weighted by atomic mass is 10.2. The van der Waals surface area contributed by atoms with Gasteiger partial charge in [0, 0.05) is 11.1 Å². The number of pyridine rings is 1. The Hall–Kier alpha value is -1.75. The summed E-state index contributed by atoms with van der Waals surface area (Å²) in [5.41, 5.74) is 0.356. The molecule has 0 aliphatic carbocycles. The Bertz CT molecular complexity index is 496. The monoisotopic (exact) mass is 250 g/mol. The van der Waals surface area contributed by atoms with Crippen LogP contribution < -0.4 is 5.32 Å². The Balaban J connectivity index is 2.04. The van der Waals surface area contributed by atoms with Crippen molar-refractivity contribution >= 4 is 17.2 Å². The average Bonchev–Trinajstić information content (AvgIpc) is 2.83. The molecule has 1 N–H and O–H groups in total. The first kappa shape index (κ1) is 11.7. The van der Waals surface area contributed by atoms with E-state index in [1.807, 2.05) is 24.4 Å². The molecule has 1 atom stereocenters. The summed E-state index contributed by atoms with van der Waals surface area (Å²) in [7, 11) is 0.